The molecule has 1 aliphatic rings. The van der Waals surface area contributed by atoms with Crippen LogP contribution in [0.1, 0.15) is 32.6 Å². The van der Waals surface area contributed by atoms with E-state index in [-0.39, 0.29) is 0 Å². The Labute approximate surface area is 68.6 Å². The minimum Gasteiger partial charge on any atom is -0.316 e. The summed E-state index contributed by atoms with van der Waals surface area (Å²) >= 11 is 0. The van der Waals surface area contributed by atoms with Gasteiger partial charge in [0.2, 0.25) is 0 Å². The molecule has 0 spiro atoms. The number of nitrogens with zero attached hydrogens (tertiary/aromatic N) is 1. The lowest BCUT2D eigenvalue weighted by atomic mass is 10.0. The molecule has 0 aromatic carbocycles. The molecule has 0 radical (unpaired) electrons. The highest BCUT2D eigenvalue weighted by Gasteiger charge is 2.41. The molecule has 2 heteroatoms. The molecule has 1 rings (SSSR count). The quantitative estimate of drug-likeness (QED) is 0.608. The Balaban J connectivity index is 2.10. The van der Waals surface area contributed by atoms with Crippen LogP contribution >= 0.6 is 0 Å². The fraction of sp³-hybridized carbons (Fsp3) is 0.889. The SMILES string of the molecule is CCCNCC1(CC#N)CC1. The first-order valence-corrected chi connectivity index (χ1v) is 4.41. The fourth-order valence-electron chi connectivity index (χ4n) is 1.29. The van der Waals surface area contributed by atoms with Gasteiger partial charge in [-0.1, -0.05) is 6.92 Å². The van der Waals surface area contributed by atoms with Gasteiger partial charge < -0.3 is 5.32 Å². The molecule has 1 N–H and O–H groups in total. The van der Waals surface area contributed by atoms with Gasteiger partial charge in [0.25, 0.3) is 0 Å². The smallest absolute Gasteiger partial charge is 0.0628 e. The van der Waals surface area contributed by atoms with E-state index in [1.165, 1.54) is 19.3 Å². The lowest BCUT2D eigenvalue weighted by Gasteiger charge is -2.10. The molecule has 0 bridgehead atoms. The van der Waals surface area contributed by atoms with Gasteiger partial charge in [-0.25, -0.2) is 0 Å². The second-order valence-corrected chi connectivity index (χ2v) is 3.51. The van der Waals surface area contributed by atoms with Crippen molar-refractivity contribution >= 4 is 0 Å². The van der Waals surface area contributed by atoms with Crippen molar-refractivity contribution in [3.05, 3.63) is 0 Å². The highest BCUT2D eigenvalue weighted by atomic mass is 14.9. The molecule has 1 aliphatic carbocycles. The molecule has 1 saturated carbocycles. The van der Waals surface area contributed by atoms with Crippen LogP contribution in [0.4, 0.5) is 0 Å². The second kappa shape index (κ2) is 3.73. The summed E-state index contributed by atoms with van der Waals surface area (Å²) in [6.45, 7) is 4.30. The molecule has 62 valence electrons. The molecule has 1 fully saturated rings. The van der Waals surface area contributed by atoms with Crippen molar-refractivity contribution in [1.82, 2.24) is 5.32 Å². The zero-order chi connectivity index (χ0) is 8.16. The van der Waals surface area contributed by atoms with E-state index >= 15 is 0 Å². The van der Waals surface area contributed by atoms with Crippen LogP contribution < -0.4 is 5.32 Å². The molecular formula is C9H16N2. The third-order valence-electron chi connectivity index (χ3n) is 2.34. The van der Waals surface area contributed by atoms with E-state index in [0.29, 0.717) is 5.41 Å². The van der Waals surface area contributed by atoms with Crippen LogP contribution in [0.5, 0.6) is 0 Å². The van der Waals surface area contributed by atoms with E-state index in [1.807, 2.05) is 0 Å². The third kappa shape index (κ3) is 2.51. The highest BCUT2D eigenvalue weighted by Crippen LogP contribution is 2.47. The Kier molecular flexibility index (Phi) is 2.90. The average molecular weight is 152 g/mol. The number of rotatable bonds is 5. The zero-order valence-electron chi connectivity index (χ0n) is 7.19. The van der Waals surface area contributed by atoms with E-state index in [4.69, 9.17) is 5.26 Å². The number of nitriles is 1. The summed E-state index contributed by atoms with van der Waals surface area (Å²) < 4.78 is 0. The molecular weight excluding hydrogens is 136 g/mol. The lowest BCUT2D eigenvalue weighted by molar-refractivity contribution is 0.467. The Morgan fingerprint density at radius 2 is 2.27 bits per heavy atom. The van der Waals surface area contributed by atoms with Crippen molar-refractivity contribution in [2.75, 3.05) is 13.1 Å². The summed E-state index contributed by atoms with van der Waals surface area (Å²) in [6.07, 6.45) is 4.42. The van der Waals surface area contributed by atoms with E-state index < -0.39 is 0 Å². The van der Waals surface area contributed by atoms with Crippen molar-refractivity contribution in [2.24, 2.45) is 5.41 Å². The van der Waals surface area contributed by atoms with Crippen LogP contribution in [0.3, 0.4) is 0 Å². The number of hydrogen-bond acceptors (Lipinski definition) is 2. The first-order valence-electron chi connectivity index (χ1n) is 4.41. The van der Waals surface area contributed by atoms with Gasteiger partial charge in [-0.3, -0.25) is 0 Å². The minimum absolute atomic E-state index is 0.379. The van der Waals surface area contributed by atoms with Gasteiger partial charge in [-0.2, -0.15) is 5.26 Å². The largest absolute Gasteiger partial charge is 0.316 e. The first-order chi connectivity index (χ1) is 5.33. The first kappa shape index (κ1) is 8.55. The highest BCUT2D eigenvalue weighted by molar-refractivity contribution is 5.00. The molecule has 0 saturated heterocycles. The molecule has 0 aromatic heterocycles. The van der Waals surface area contributed by atoms with Gasteiger partial charge in [0.1, 0.15) is 0 Å². The molecule has 0 atom stereocenters. The van der Waals surface area contributed by atoms with Crippen LogP contribution in [0.25, 0.3) is 0 Å². The monoisotopic (exact) mass is 152 g/mol. The van der Waals surface area contributed by atoms with Gasteiger partial charge >= 0.3 is 0 Å². The predicted octanol–water partition coefficient (Wildman–Crippen LogP) is 1.68. The number of nitrogens with one attached hydrogen (secondary N) is 1. The van der Waals surface area contributed by atoms with E-state index in [0.717, 1.165) is 19.5 Å². The van der Waals surface area contributed by atoms with Crippen molar-refractivity contribution in [1.29, 1.82) is 5.26 Å². The third-order valence-corrected chi connectivity index (χ3v) is 2.34. The summed E-state index contributed by atoms with van der Waals surface area (Å²) in [7, 11) is 0. The van der Waals surface area contributed by atoms with Crippen molar-refractivity contribution in [3.63, 3.8) is 0 Å². The molecule has 0 aromatic rings. The summed E-state index contributed by atoms with van der Waals surface area (Å²) in [5.41, 5.74) is 0.379. The summed E-state index contributed by atoms with van der Waals surface area (Å²) in [5, 5.41) is 11.9. The van der Waals surface area contributed by atoms with Crippen LogP contribution in [0.2, 0.25) is 0 Å². The maximum Gasteiger partial charge on any atom is 0.0628 e. The number of hydrogen-bond donors (Lipinski definition) is 1. The van der Waals surface area contributed by atoms with Crippen LogP contribution in [0, 0.1) is 16.7 Å². The van der Waals surface area contributed by atoms with Crippen LogP contribution in [-0.4, -0.2) is 13.1 Å². The Morgan fingerprint density at radius 1 is 1.55 bits per heavy atom. The second-order valence-electron chi connectivity index (χ2n) is 3.51. The maximum absolute atomic E-state index is 8.52. The van der Waals surface area contributed by atoms with Crippen molar-refractivity contribution in [2.45, 2.75) is 32.6 Å². The maximum atomic E-state index is 8.52. The van der Waals surface area contributed by atoms with Crippen molar-refractivity contribution in [3.8, 4) is 6.07 Å². The fourth-order valence-corrected chi connectivity index (χ4v) is 1.29. The van der Waals surface area contributed by atoms with Gasteiger partial charge in [0.15, 0.2) is 0 Å². The zero-order valence-corrected chi connectivity index (χ0v) is 7.19. The predicted molar refractivity (Wildman–Crippen MR) is 45.1 cm³/mol. The summed E-state index contributed by atoms with van der Waals surface area (Å²) in [6, 6.07) is 2.26. The Hall–Kier alpha value is -0.550. The topological polar surface area (TPSA) is 35.8 Å². The van der Waals surface area contributed by atoms with Crippen LogP contribution in [0.15, 0.2) is 0 Å². The summed E-state index contributed by atoms with van der Waals surface area (Å²) in [5.74, 6) is 0. The van der Waals surface area contributed by atoms with Crippen LogP contribution in [-0.2, 0) is 0 Å². The molecule has 2 nitrogen and oxygen atoms in total. The van der Waals surface area contributed by atoms with Gasteiger partial charge in [0.05, 0.1) is 6.07 Å². The van der Waals surface area contributed by atoms with Gasteiger partial charge in [-0.05, 0) is 31.2 Å². The van der Waals surface area contributed by atoms with E-state index in [1.54, 1.807) is 0 Å². The van der Waals surface area contributed by atoms with Gasteiger partial charge in [-0.15, -0.1) is 0 Å². The average Bonchev–Trinajstić information content (AvgIpc) is 2.71. The molecule has 0 aliphatic heterocycles. The molecule has 11 heavy (non-hydrogen) atoms. The standard InChI is InChI=1S/C9H16N2/c1-2-7-11-8-9(3-4-9)5-6-10/h11H,2-5,7-8H2,1H3. The van der Waals surface area contributed by atoms with E-state index in [2.05, 4.69) is 18.3 Å². The molecule has 0 amide bonds. The Bertz CT molecular complexity index is 153. The Morgan fingerprint density at radius 3 is 2.73 bits per heavy atom. The van der Waals surface area contributed by atoms with E-state index in [9.17, 15) is 0 Å². The summed E-state index contributed by atoms with van der Waals surface area (Å²) in [4.78, 5) is 0. The minimum atomic E-state index is 0.379. The van der Waals surface area contributed by atoms with Gasteiger partial charge in [0, 0.05) is 13.0 Å². The normalized spacial score (nSPS) is 19.3. The molecule has 0 unspecified atom stereocenters. The lowest BCUT2D eigenvalue weighted by Crippen LogP contribution is -2.24. The van der Waals surface area contributed by atoms with Crippen molar-refractivity contribution < 1.29 is 0 Å². The molecule has 0 heterocycles.